The maximum atomic E-state index is 12.2. The molecule has 0 aromatic carbocycles. The molecule has 1 aliphatic heterocycles. The van der Waals surface area contributed by atoms with Gasteiger partial charge in [-0.1, -0.05) is 6.42 Å². The fourth-order valence-electron chi connectivity index (χ4n) is 2.72. The SMILES string of the molecule is CN1CCCCC1C(C)(C=O)N(C)C(=O)OC(C)(C)C. The minimum absolute atomic E-state index is 0.0336. The van der Waals surface area contributed by atoms with Crippen LogP contribution in [0.1, 0.15) is 47.0 Å². The van der Waals surface area contributed by atoms with Crippen molar-refractivity contribution in [3.63, 3.8) is 0 Å². The largest absolute Gasteiger partial charge is 0.444 e. The molecule has 0 aromatic heterocycles. The van der Waals surface area contributed by atoms with Gasteiger partial charge in [-0.15, -0.1) is 0 Å². The average Bonchev–Trinajstić information content (AvgIpc) is 2.35. The monoisotopic (exact) mass is 284 g/mol. The summed E-state index contributed by atoms with van der Waals surface area (Å²) in [4.78, 5) is 27.6. The van der Waals surface area contributed by atoms with Gasteiger partial charge in [-0.3, -0.25) is 4.90 Å². The fourth-order valence-corrected chi connectivity index (χ4v) is 2.72. The summed E-state index contributed by atoms with van der Waals surface area (Å²) < 4.78 is 5.38. The van der Waals surface area contributed by atoms with Gasteiger partial charge in [0.1, 0.15) is 17.4 Å². The van der Waals surface area contributed by atoms with Gasteiger partial charge in [-0.25, -0.2) is 4.79 Å². The number of nitrogens with zero attached hydrogens (tertiary/aromatic N) is 2. The van der Waals surface area contributed by atoms with Crippen LogP contribution in [-0.4, -0.2) is 60.0 Å². The van der Waals surface area contributed by atoms with E-state index >= 15 is 0 Å². The first-order valence-corrected chi connectivity index (χ1v) is 7.25. The zero-order valence-electron chi connectivity index (χ0n) is 13.6. The van der Waals surface area contributed by atoms with E-state index in [0.717, 1.165) is 32.1 Å². The molecular formula is C15H28N2O3. The Labute approximate surface area is 122 Å². The van der Waals surface area contributed by atoms with E-state index in [9.17, 15) is 9.59 Å². The second kappa shape index (κ2) is 6.12. The van der Waals surface area contributed by atoms with E-state index in [4.69, 9.17) is 4.74 Å². The van der Waals surface area contributed by atoms with E-state index in [-0.39, 0.29) is 6.04 Å². The van der Waals surface area contributed by atoms with Gasteiger partial charge in [0.15, 0.2) is 0 Å². The summed E-state index contributed by atoms with van der Waals surface area (Å²) >= 11 is 0. The molecule has 0 aromatic rings. The molecule has 2 unspecified atom stereocenters. The number of ether oxygens (including phenoxy) is 1. The van der Waals surface area contributed by atoms with Crippen LogP contribution in [0.4, 0.5) is 4.79 Å². The number of likely N-dealkylation sites (tertiary alicyclic amines) is 1. The Balaban J connectivity index is 2.91. The zero-order chi connectivity index (χ0) is 15.6. The van der Waals surface area contributed by atoms with Crippen molar-refractivity contribution in [2.24, 2.45) is 0 Å². The van der Waals surface area contributed by atoms with Gasteiger partial charge in [0, 0.05) is 13.1 Å². The molecule has 1 heterocycles. The van der Waals surface area contributed by atoms with Gasteiger partial charge in [-0.05, 0) is 54.1 Å². The standard InChI is InChI=1S/C15H28N2O3/c1-14(2,3)20-13(19)17(6)15(4,11-18)12-9-7-8-10-16(12)5/h11-12H,7-10H2,1-6H3. The van der Waals surface area contributed by atoms with Crippen molar-refractivity contribution in [3.8, 4) is 0 Å². The molecule has 1 fully saturated rings. The molecule has 0 bridgehead atoms. The average molecular weight is 284 g/mol. The van der Waals surface area contributed by atoms with Crippen molar-refractivity contribution in [1.29, 1.82) is 0 Å². The van der Waals surface area contributed by atoms with Crippen molar-refractivity contribution in [2.75, 3.05) is 20.6 Å². The summed E-state index contributed by atoms with van der Waals surface area (Å²) in [6.45, 7) is 8.24. The first-order valence-electron chi connectivity index (χ1n) is 7.25. The van der Waals surface area contributed by atoms with Crippen molar-refractivity contribution < 1.29 is 14.3 Å². The molecule has 1 saturated heterocycles. The van der Waals surface area contributed by atoms with Crippen LogP contribution in [0.25, 0.3) is 0 Å². The number of carbonyl (C=O) groups is 2. The van der Waals surface area contributed by atoms with Crippen molar-refractivity contribution >= 4 is 12.4 Å². The molecule has 1 aliphatic rings. The van der Waals surface area contributed by atoms with Crippen molar-refractivity contribution in [2.45, 2.75) is 64.1 Å². The molecule has 20 heavy (non-hydrogen) atoms. The Kier molecular flexibility index (Phi) is 5.19. The van der Waals surface area contributed by atoms with E-state index < -0.39 is 17.2 Å². The highest BCUT2D eigenvalue weighted by molar-refractivity contribution is 5.77. The molecule has 0 saturated carbocycles. The molecule has 2 atom stereocenters. The van der Waals surface area contributed by atoms with Crippen LogP contribution in [-0.2, 0) is 9.53 Å². The second-order valence-electron chi connectivity index (χ2n) is 6.88. The summed E-state index contributed by atoms with van der Waals surface area (Å²) in [7, 11) is 3.65. The Morgan fingerprint density at radius 1 is 1.30 bits per heavy atom. The summed E-state index contributed by atoms with van der Waals surface area (Å²) in [5, 5.41) is 0. The van der Waals surface area contributed by atoms with Gasteiger partial charge in [-0.2, -0.15) is 0 Å². The molecule has 0 aliphatic carbocycles. The Morgan fingerprint density at radius 2 is 1.90 bits per heavy atom. The third-order valence-corrected chi connectivity index (χ3v) is 4.07. The quantitative estimate of drug-likeness (QED) is 0.746. The lowest BCUT2D eigenvalue weighted by atomic mass is 9.85. The molecule has 0 spiro atoms. The third kappa shape index (κ3) is 3.72. The van der Waals surface area contributed by atoms with Crippen LogP contribution in [0.15, 0.2) is 0 Å². The molecule has 0 radical (unpaired) electrons. The van der Waals surface area contributed by atoms with Gasteiger partial charge >= 0.3 is 6.09 Å². The minimum atomic E-state index is -0.864. The first kappa shape index (κ1) is 17.0. The normalized spacial score (nSPS) is 23.8. The number of hydrogen-bond donors (Lipinski definition) is 0. The Morgan fingerprint density at radius 3 is 2.35 bits per heavy atom. The minimum Gasteiger partial charge on any atom is -0.444 e. The third-order valence-electron chi connectivity index (χ3n) is 4.07. The Bertz CT molecular complexity index is 365. The molecule has 5 heteroatoms. The topological polar surface area (TPSA) is 49.9 Å². The molecule has 5 nitrogen and oxygen atoms in total. The highest BCUT2D eigenvalue weighted by Gasteiger charge is 2.44. The van der Waals surface area contributed by atoms with E-state index in [0.29, 0.717) is 0 Å². The zero-order valence-corrected chi connectivity index (χ0v) is 13.6. The predicted octanol–water partition coefficient (Wildman–Crippen LogP) is 2.30. The lowest BCUT2D eigenvalue weighted by molar-refractivity contribution is -0.122. The van der Waals surface area contributed by atoms with E-state index in [1.165, 1.54) is 4.90 Å². The molecule has 116 valence electrons. The molecule has 1 rings (SSSR count). The lowest BCUT2D eigenvalue weighted by Gasteiger charge is -2.46. The van der Waals surface area contributed by atoms with Crippen LogP contribution < -0.4 is 0 Å². The van der Waals surface area contributed by atoms with Crippen LogP contribution in [0.3, 0.4) is 0 Å². The maximum absolute atomic E-state index is 12.2. The number of carbonyl (C=O) groups excluding carboxylic acids is 2. The van der Waals surface area contributed by atoms with Crippen LogP contribution >= 0.6 is 0 Å². The fraction of sp³-hybridized carbons (Fsp3) is 0.867. The van der Waals surface area contributed by atoms with Crippen molar-refractivity contribution in [1.82, 2.24) is 9.80 Å². The van der Waals surface area contributed by atoms with Crippen LogP contribution in [0.5, 0.6) is 0 Å². The number of likely N-dealkylation sites (N-methyl/N-ethyl adjacent to an activating group) is 2. The van der Waals surface area contributed by atoms with Gasteiger partial charge in [0.25, 0.3) is 0 Å². The lowest BCUT2D eigenvalue weighted by Crippen LogP contribution is -2.62. The van der Waals surface area contributed by atoms with Gasteiger partial charge in [0.05, 0.1) is 0 Å². The summed E-state index contributed by atoms with van der Waals surface area (Å²) in [5.74, 6) is 0. The second-order valence-corrected chi connectivity index (χ2v) is 6.88. The smallest absolute Gasteiger partial charge is 0.410 e. The predicted molar refractivity (Wildman–Crippen MR) is 78.7 cm³/mol. The summed E-state index contributed by atoms with van der Waals surface area (Å²) in [6.07, 6.45) is 3.56. The maximum Gasteiger partial charge on any atom is 0.410 e. The number of rotatable bonds is 3. The number of aldehydes is 1. The van der Waals surface area contributed by atoms with Crippen molar-refractivity contribution in [3.05, 3.63) is 0 Å². The summed E-state index contributed by atoms with van der Waals surface area (Å²) in [6, 6.07) is 0.0336. The van der Waals surface area contributed by atoms with E-state index in [1.54, 1.807) is 7.05 Å². The molecule has 1 amide bonds. The van der Waals surface area contributed by atoms with Crippen LogP contribution in [0, 0.1) is 0 Å². The number of amides is 1. The highest BCUT2D eigenvalue weighted by Crippen LogP contribution is 2.29. The van der Waals surface area contributed by atoms with Gasteiger partial charge < -0.3 is 14.4 Å². The van der Waals surface area contributed by atoms with E-state index in [1.807, 2.05) is 34.7 Å². The Hall–Kier alpha value is -1.10. The number of hydrogen-bond acceptors (Lipinski definition) is 4. The highest BCUT2D eigenvalue weighted by atomic mass is 16.6. The molecule has 0 N–H and O–H groups in total. The molecular weight excluding hydrogens is 256 g/mol. The van der Waals surface area contributed by atoms with Crippen LogP contribution in [0.2, 0.25) is 0 Å². The number of piperidine rings is 1. The van der Waals surface area contributed by atoms with E-state index in [2.05, 4.69) is 4.90 Å². The van der Waals surface area contributed by atoms with Gasteiger partial charge in [0.2, 0.25) is 0 Å². The first-order chi connectivity index (χ1) is 9.12. The summed E-state index contributed by atoms with van der Waals surface area (Å²) in [5.41, 5.74) is -1.43.